The van der Waals surface area contributed by atoms with Crippen LogP contribution < -0.4 is 10.6 Å². The summed E-state index contributed by atoms with van der Waals surface area (Å²) in [6.07, 6.45) is -1.08. The van der Waals surface area contributed by atoms with Gasteiger partial charge >= 0.3 is 5.97 Å². The van der Waals surface area contributed by atoms with E-state index in [4.69, 9.17) is 4.74 Å². The standard InChI is InChI=1S/C21H22N4O4/c1-12-7-6-8-13(2)18(12)23-17(26)11-22-20(27)14(3)29-21(28)19-15-9-4-5-10-16(15)24-25-19/h4-10,14H,11H2,1-3H3,(H,22,27)(H,23,26)(H,24,25)/t14-/m0/s1. The molecule has 3 rings (SSSR count). The number of esters is 1. The summed E-state index contributed by atoms with van der Waals surface area (Å²) in [4.78, 5) is 36.7. The van der Waals surface area contributed by atoms with Crippen molar-refractivity contribution >= 4 is 34.4 Å². The van der Waals surface area contributed by atoms with Crippen LogP contribution in [0.4, 0.5) is 5.69 Å². The molecule has 0 aliphatic carbocycles. The van der Waals surface area contributed by atoms with Gasteiger partial charge in [0.25, 0.3) is 5.91 Å². The first-order valence-corrected chi connectivity index (χ1v) is 9.14. The molecule has 8 nitrogen and oxygen atoms in total. The molecular formula is C21H22N4O4. The van der Waals surface area contributed by atoms with E-state index in [1.807, 2.05) is 38.1 Å². The van der Waals surface area contributed by atoms with Gasteiger partial charge in [0.15, 0.2) is 11.8 Å². The van der Waals surface area contributed by atoms with E-state index < -0.39 is 18.0 Å². The van der Waals surface area contributed by atoms with Gasteiger partial charge < -0.3 is 15.4 Å². The molecule has 0 aliphatic rings. The molecule has 0 saturated heterocycles. The van der Waals surface area contributed by atoms with Crippen LogP contribution in [0.3, 0.4) is 0 Å². The molecule has 1 aromatic heterocycles. The second-order valence-corrected chi connectivity index (χ2v) is 6.70. The second-order valence-electron chi connectivity index (χ2n) is 6.70. The van der Waals surface area contributed by atoms with E-state index in [9.17, 15) is 14.4 Å². The quantitative estimate of drug-likeness (QED) is 0.556. The molecule has 150 valence electrons. The van der Waals surface area contributed by atoms with Gasteiger partial charge in [0, 0.05) is 11.1 Å². The smallest absolute Gasteiger partial charge is 0.360 e. The van der Waals surface area contributed by atoms with Crippen LogP contribution in [0, 0.1) is 13.8 Å². The van der Waals surface area contributed by atoms with Gasteiger partial charge in [0.1, 0.15) is 0 Å². The molecule has 8 heteroatoms. The molecule has 29 heavy (non-hydrogen) atoms. The zero-order valence-corrected chi connectivity index (χ0v) is 16.4. The maximum atomic E-state index is 12.3. The fraction of sp³-hybridized carbons (Fsp3) is 0.238. The first kappa shape index (κ1) is 20.1. The highest BCUT2D eigenvalue weighted by molar-refractivity contribution is 6.03. The first-order valence-electron chi connectivity index (χ1n) is 9.14. The van der Waals surface area contributed by atoms with Crippen LogP contribution in [-0.4, -0.2) is 40.6 Å². The highest BCUT2D eigenvalue weighted by atomic mass is 16.5. The Kier molecular flexibility index (Phi) is 5.92. The van der Waals surface area contributed by atoms with Crippen LogP contribution in [0.25, 0.3) is 10.9 Å². The Balaban J connectivity index is 1.54. The van der Waals surface area contributed by atoms with Gasteiger partial charge in [-0.3, -0.25) is 14.7 Å². The van der Waals surface area contributed by atoms with Crippen LogP contribution in [-0.2, 0) is 14.3 Å². The molecule has 0 spiro atoms. The molecule has 0 radical (unpaired) electrons. The number of hydrogen-bond donors (Lipinski definition) is 3. The number of aryl methyl sites for hydroxylation is 2. The lowest BCUT2D eigenvalue weighted by Gasteiger charge is -2.14. The topological polar surface area (TPSA) is 113 Å². The number of fused-ring (bicyclic) bond motifs is 1. The Morgan fingerprint density at radius 3 is 2.48 bits per heavy atom. The van der Waals surface area contributed by atoms with E-state index in [1.54, 1.807) is 18.2 Å². The number of benzene rings is 2. The van der Waals surface area contributed by atoms with Gasteiger partial charge in [0.2, 0.25) is 5.91 Å². The molecule has 3 aromatic rings. The lowest BCUT2D eigenvalue weighted by Crippen LogP contribution is -2.40. The zero-order chi connectivity index (χ0) is 21.0. The fourth-order valence-corrected chi connectivity index (χ4v) is 2.90. The van der Waals surface area contributed by atoms with Crippen LogP contribution in [0.1, 0.15) is 28.5 Å². The maximum Gasteiger partial charge on any atom is 0.360 e. The Bertz CT molecular complexity index is 1050. The zero-order valence-electron chi connectivity index (χ0n) is 16.4. The van der Waals surface area contributed by atoms with Gasteiger partial charge in [-0.15, -0.1) is 0 Å². The van der Waals surface area contributed by atoms with Gasteiger partial charge in [-0.2, -0.15) is 5.10 Å². The van der Waals surface area contributed by atoms with Crippen molar-refractivity contribution in [3.63, 3.8) is 0 Å². The Morgan fingerprint density at radius 1 is 1.07 bits per heavy atom. The molecule has 3 N–H and O–H groups in total. The summed E-state index contributed by atoms with van der Waals surface area (Å²) >= 11 is 0. The molecule has 0 unspecified atom stereocenters. The largest absolute Gasteiger partial charge is 0.448 e. The summed E-state index contributed by atoms with van der Waals surface area (Å²) in [6.45, 7) is 4.98. The molecule has 0 fully saturated rings. The highest BCUT2D eigenvalue weighted by Crippen LogP contribution is 2.19. The van der Waals surface area contributed by atoms with Crippen LogP contribution in [0.15, 0.2) is 42.5 Å². The van der Waals surface area contributed by atoms with E-state index in [0.29, 0.717) is 10.9 Å². The Morgan fingerprint density at radius 2 is 1.76 bits per heavy atom. The van der Waals surface area contributed by atoms with Crippen molar-refractivity contribution in [2.24, 2.45) is 0 Å². The number of nitrogens with zero attached hydrogens (tertiary/aromatic N) is 1. The minimum atomic E-state index is -1.08. The number of ether oxygens (including phenoxy) is 1. The monoisotopic (exact) mass is 394 g/mol. The number of carbonyl (C=O) groups excluding carboxylic acids is 3. The van der Waals surface area contributed by atoms with Crippen molar-refractivity contribution < 1.29 is 19.1 Å². The number of nitrogens with one attached hydrogen (secondary N) is 3. The molecule has 0 bridgehead atoms. The van der Waals surface area contributed by atoms with Crippen molar-refractivity contribution in [2.75, 3.05) is 11.9 Å². The van der Waals surface area contributed by atoms with Crippen LogP contribution >= 0.6 is 0 Å². The van der Waals surface area contributed by atoms with Crippen molar-refractivity contribution in [3.8, 4) is 0 Å². The van der Waals surface area contributed by atoms with E-state index in [1.165, 1.54) is 6.92 Å². The average Bonchev–Trinajstić information content (AvgIpc) is 3.13. The van der Waals surface area contributed by atoms with E-state index in [0.717, 1.165) is 16.8 Å². The molecule has 0 saturated carbocycles. The lowest BCUT2D eigenvalue weighted by atomic mass is 10.1. The fourth-order valence-electron chi connectivity index (χ4n) is 2.90. The number of rotatable bonds is 6. The third-order valence-electron chi connectivity index (χ3n) is 4.49. The molecule has 2 aromatic carbocycles. The van der Waals surface area contributed by atoms with Crippen LogP contribution in [0.2, 0.25) is 0 Å². The van der Waals surface area contributed by atoms with E-state index in [2.05, 4.69) is 20.8 Å². The molecule has 2 amide bonds. The van der Waals surface area contributed by atoms with Crippen molar-refractivity contribution in [3.05, 3.63) is 59.3 Å². The third kappa shape index (κ3) is 4.60. The van der Waals surface area contributed by atoms with Gasteiger partial charge in [-0.05, 0) is 38.0 Å². The van der Waals surface area contributed by atoms with E-state index >= 15 is 0 Å². The summed E-state index contributed by atoms with van der Waals surface area (Å²) in [7, 11) is 0. The predicted octanol–water partition coefficient (Wildman–Crippen LogP) is 2.48. The number of hydrogen-bond acceptors (Lipinski definition) is 5. The van der Waals surface area contributed by atoms with Crippen molar-refractivity contribution in [1.82, 2.24) is 15.5 Å². The van der Waals surface area contributed by atoms with Crippen molar-refractivity contribution in [2.45, 2.75) is 26.9 Å². The number of aromatic amines is 1. The first-order chi connectivity index (χ1) is 13.9. The average molecular weight is 394 g/mol. The Labute approximate surface area is 167 Å². The second kappa shape index (κ2) is 8.55. The molecule has 0 aliphatic heterocycles. The van der Waals surface area contributed by atoms with Crippen molar-refractivity contribution in [1.29, 1.82) is 0 Å². The van der Waals surface area contributed by atoms with Gasteiger partial charge in [0.05, 0.1) is 12.1 Å². The number of para-hydroxylation sites is 2. The minimum absolute atomic E-state index is 0.105. The minimum Gasteiger partial charge on any atom is -0.448 e. The summed E-state index contributed by atoms with van der Waals surface area (Å²) in [5.41, 5.74) is 3.38. The summed E-state index contributed by atoms with van der Waals surface area (Å²) in [5.74, 6) is -1.66. The summed E-state index contributed by atoms with van der Waals surface area (Å²) in [6, 6.07) is 12.8. The summed E-state index contributed by atoms with van der Waals surface area (Å²) in [5, 5.41) is 12.6. The van der Waals surface area contributed by atoms with Gasteiger partial charge in [-0.1, -0.05) is 36.4 Å². The number of H-pyrrole nitrogens is 1. The molecule has 1 heterocycles. The normalized spacial score (nSPS) is 11.7. The lowest BCUT2D eigenvalue weighted by molar-refractivity contribution is -0.130. The van der Waals surface area contributed by atoms with Crippen LogP contribution in [0.5, 0.6) is 0 Å². The number of aromatic nitrogens is 2. The number of carbonyl (C=O) groups is 3. The third-order valence-corrected chi connectivity index (χ3v) is 4.49. The predicted molar refractivity (Wildman–Crippen MR) is 109 cm³/mol. The molecule has 1 atom stereocenters. The maximum absolute atomic E-state index is 12.3. The SMILES string of the molecule is Cc1cccc(C)c1NC(=O)CNC(=O)[C@H](C)OC(=O)c1n[nH]c2ccccc12. The van der Waals surface area contributed by atoms with E-state index in [-0.39, 0.29) is 18.1 Å². The Hall–Kier alpha value is -3.68. The molecular weight excluding hydrogens is 372 g/mol. The summed E-state index contributed by atoms with van der Waals surface area (Å²) < 4.78 is 5.19. The highest BCUT2D eigenvalue weighted by Gasteiger charge is 2.22. The van der Waals surface area contributed by atoms with Gasteiger partial charge in [-0.25, -0.2) is 4.79 Å². The number of anilines is 1. The number of amides is 2.